The minimum atomic E-state index is -0.788. The smallest absolute Gasteiger partial charge is 0.244 e. The standard InChI is InChI=1S/C10H9Cl3O/c1-2-6-5-7(11)3-4-8(6)9(12)10(13)14/h3-5,9H,2H2,1H3. The summed E-state index contributed by atoms with van der Waals surface area (Å²) >= 11 is 17.0. The lowest BCUT2D eigenvalue weighted by Crippen LogP contribution is -2.02. The fraction of sp³-hybridized carbons (Fsp3) is 0.300. The van der Waals surface area contributed by atoms with E-state index < -0.39 is 10.6 Å². The number of carbonyl (C=O) groups is 1. The Bertz CT molecular complexity index is 349. The maximum absolute atomic E-state index is 10.9. The van der Waals surface area contributed by atoms with Gasteiger partial charge in [0.05, 0.1) is 0 Å². The van der Waals surface area contributed by atoms with Crippen LogP contribution < -0.4 is 0 Å². The number of alkyl halides is 1. The van der Waals surface area contributed by atoms with E-state index in [1.165, 1.54) is 0 Å². The van der Waals surface area contributed by atoms with Crippen LogP contribution >= 0.6 is 34.8 Å². The first kappa shape index (κ1) is 11.8. The molecule has 0 radical (unpaired) electrons. The second kappa shape index (κ2) is 5.01. The highest BCUT2D eigenvalue weighted by Gasteiger charge is 2.18. The third kappa shape index (κ3) is 2.63. The second-order valence-electron chi connectivity index (χ2n) is 2.86. The minimum absolute atomic E-state index is 0.566. The molecule has 1 nitrogen and oxygen atoms in total. The molecule has 0 aromatic heterocycles. The van der Waals surface area contributed by atoms with Gasteiger partial charge in [0, 0.05) is 5.02 Å². The van der Waals surface area contributed by atoms with Crippen LogP contribution in [0, 0.1) is 0 Å². The van der Waals surface area contributed by atoms with Crippen molar-refractivity contribution in [3.63, 3.8) is 0 Å². The molecule has 0 N–H and O–H groups in total. The van der Waals surface area contributed by atoms with Gasteiger partial charge in [-0.3, -0.25) is 4.79 Å². The summed E-state index contributed by atoms with van der Waals surface area (Å²) in [6.45, 7) is 1.97. The minimum Gasteiger partial charge on any atom is -0.279 e. The first-order valence-electron chi connectivity index (χ1n) is 4.18. The lowest BCUT2D eigenvalue weighted by Gasteiger charge is -2.10. The number of carbonyl (C=O) groups excluding carboxylic acids is 1. The summed E-state index contributed by atoms with van der Waals surface area (Å²) in [5.74, 6) is 0. The van der Waals surface area contributed by atoms with Crippen LogP contribution in [0.4, 0.5) is 0 Å². The highest BCUT2D eigenvalue weighted by Crippen LogP contribution is 2.28. The van der Waals surface area contributed by atoms with Gasteiger partial charge in [-0.1, -0.05) is 24.6 Å². The van der Waals surface area contributed by atoms with Crippen molar-refractivity contribution < 1.29 is 4.79 Å². The van der Waals surface area contributed by atoms with E-state index in [-0.39, 0.29) is 0 Å². The summed E-state index contributed by atoms with van der Waals surface area (Å²) in [6, 6.07) is 5.23. The Balaban J connectivity index is 3.13. The molecule has 76 valence electrons. The molecule has 0 saturated heterocycles. The van der Waals surface area contributed by atoms with E-state index in [0.29, 0.717) is 5.02 Å². The quantitative estimate of drug-likeness (QED) is 0.587. The van der Waals surface area contributed by atoms with Crippen LogP contribution in [-0.2, 0) is 11.2 Å². The second-order valence-corrected chi connectivity index (χ2v) is 4.11. The third-order valence-electron chi connectivity index (χ3n) is 1.96. The number of benzene rings is 1. The molecule has 0 spiro atoms. The van der Waals surface area contributed by atoms with Crippen LogP contribution in [-0.4, -0.2) is 5.24 Å². The average Bonchev–Trinajstić information content (AvgIpc) is 2.16. The summed E-state index contributed by atoms with van der Waals surface area (Å²) in [4.78, 5) is 10.9. The molecule has 14 heavy (non-hydrogen) atoms. The van der Waals surface area contributed by atoms with Gasteiger partial charge in [0.25, 0.3) is 0 Å². The average molecular weight is 252 g/mol. The van der Waals surface area contributed by atoms with Crippen molar-refractivity contribution in [2.24, 2.45) is 0 Å². The number of halogens is 3. The van der Waals surface area contributed by atoms with E-state index in [2.05, 4.69) is 0 Å². The Kier molecular flexibility index (Phi) is 4.24. The van der Waals surface area contributed by atoms with Gasteiger partial charge in [-0.05, 0) is 41.3 Å². The van der Waals surface area contributed by atoms with Crippen molar-refractivity contribution in [3.05, 3.63) is 34.3 Å². The molecule has 0 bridgehead atoms. The number of aryl methyl sites for hydroxylation is 1. The Morgan fingerprint density at radius 1 is 1.50 bits per heavy atom. The van der Waals surface area contributed by atoms with Crippen LogP contribution in [0.1, 0.15) is 23.4 Å². The van der Waals surface area contributed by atoms with Crippen LogP contribution in [0.25, 0.3) is 0 Å². The summed E-state index contributed by atoms with van der Waals surface area (Å²) in [6.07, 6.45) is 0.767. The van der Waals surface area contributed by atoms with Crippen LogP contribution in [0.5, 0.6) is 0 Å². The van der Waals surface area contributed by atoms with Gasteiger partial charge in [0.2, 0.25) is 5.24 Å². The largest absolute Gasteiger partial charge is 0.279 e. The van der Waals surface area contributed by atoms with Gasteiger partial charge in [-0.15, -0.1) is 11.6 Å². The molecule has 1 aromatic rings. The number of hydrogen-bond donors (Lipinski definition) is 0. The molecule has 1 rings (SSSR count). The summed E-state index contributed by atoms with van der Waals surface area (Å²) < 4.78 is 0. The van der Waals surface area contributed by atoms with Gasteiger partial charge < -0.3 is 0 Å². The van der Waals surface area contributed by atoms with E-state index in [9.17, 15) is 4.79 Å². The first-order chi connectivity index (χ1) is 6.56. The predicted octanol–water partition coefficient (Wildman–Crippen LogP) is 3.95. The molecule has 0 aliphatic rings. The van der Waals surface area contributed by atoms with E-state index in [4.69, 9.17) is 34.8 Å². The maximum atomic E-state index is 10.9. The Morgan fingerprint density at radius 2 is 2.14 bits per heavy atom. The predicted molar refractivity (Wildman–Crippen MR) is 60.3 cm³/mol. The SMILES string of the molecule is CCc1cc(Cl)ccc1C(Cl)C(=O)Cl. The first-order valence-corrected chi connectivity index (χ1v) is 5.37. The van der Waals surface area contributed by atoms with Gasteiger partial charge in [-0.2, -0.15) is 0 Å². The zero-order valence-corrected chi connectivity index (χ0v) is 9.83. The molecule has 1 aromatic carbocycles. The molecule has 0 heterocycles. The normalized spacial score (nSPS) is 12.6. The summed E-state index contributed by atoms with van der Waals surface area (Å²) in [5.41, 5.74) is 1.69. The van der Waals surface area contributed by atoms with Crippen molar-refractivity contribution in [2.75, 3.05) is 0 Å². The Hall–Kier alpha value is -0.240. The zero-order valence-electron chi connectivity index (χ0n) is 7.56. The molecule has 1 atom stereocenters. The van der Waals surface area contributed by atoms with Crippen molar-refractivity contribution >= 4 is 40.0 Å². The van der Waals surface area contributed by atoms with E-state index in [1.807, 2.05) is 6.92 Å². The highest BCUT2D eigenvalue weighted by molar-refractivity contribution is 6.68. The van der Waals surface area contributed by atoms with Crippen molar-refractivity contribution in [2.45, 2.75) is 18.7 Å². The van der Waals surface area contributed by atoms with Gasteiger partial charge in [-0.25, -0.2) is 0 Å². The summed E-state index contributed by atoms with van der Waals surface area (Å²) in [7, 11) is 0. The van der Waals surface area contributed by atoms with Gasteiger partial charge in [0.1, 0.15) is 5.38 Å². The third-order valence-corrected chi connectivity index (χ3v) is 2.96. The van der Waals surface area contributed by atoms with E-state index in [0.717, 1.165) is 17.5 Å². The van der Waals surface area contributed by atoms with E-state index in [1.54, 1.807) is 18.2 Å². The van der Waals surface area contributed by atoms with E-state index >= 15 is 0 Å². The van der Waals surface area contributed by atoms with Crippen molar-refractivity contribution in [1.29, 1.82) is 0 Å². The van der Waals surface area contributed by atoms with Gasteiger partial charge >= 0.3 is 0 Å². The molecular formula is C10H9Cl3O. The Morgan fingerprint density at radius 3 is 2.64 bits per heavy atom. The summed E-state index contributed by atoms with van der Waals surface area (Å²) in [5, 5.41) is -0.718. The fourth-order valence-electron chi connectivity index (χ4n) is 1.25. The Labute approximate surface area is 98.0 Å². The topological polar surface area (TPSA) is 17.1 Å². The molecule has 0 aliphatic heterocycles. The van der Waals surface area contributed by atoms with Crippen LogP contribution in [0.3, 0.4) is 0 Å². The van der Waals surface area contributed by atoms with Crippen molar-refractivity contribution in [1.82, 2.24) is 0 Å². The van der Waals surface area contributed by atoms with Crippen LogP contribution in [0.15, 0.2) is 18.2 Å². The fourth-order valence-corrected chi connectivity index (χ4v) is 1.78. The highest BCUT2D eigenvalue weighted by atomic mass is 35.5. The number of hydrogen-bond acceptors (Lipinski definition) is 1. The molecular weight excluding hydrogens is 242 g/mol. The zero-order chi connectivity index (χ0) is 10.7. The van der Waals surface area contributed by atoms with Crippen molar-refractivity contribution in [3.8, 4) is 0 Å². The van der Waals surface area contributed by atoms with Gasteiger partial charge in [0.15, 0.2) is 0 Å². The van der Waals surface area contributed by atoms with Crippen LogP contribution in [0.2, 0.25) is 5.02 Å². The number of rotatable bonds is 3. The lowest BCUT2D eigenvalue weighted by atomic mass is 10.0. The monoisotopic (exact) mass is 250 g/mol. The molecule has 0 amide bonds. The molecule has 0 saturated carbocycles. The molecule has 0 fully saturated rings. The lowest BCUT2D eigenvalue weighted by molar-refractivity contribution is -0.111. The molecule has 1 unspecified atom stereocenters. The molecule has 0 aliphatic carbocycles. The maximum Gasteiger partial charge on any atom is 0.244 e. The molecule has 4 heteroatoms.